The molecular weight excluding hydrogens is 264 g/mol. The first kappa shape index (κ1) is 13.7. The summed E-state index contributed by atoms with van der Waals surface area (Å²) in [6.07, 6.45) is 1.07. The van der Waals surface area contributed by atoms with Gasteiger partial charge in [0.2, 0.25) is 0 Å². The number of carbonyl (C=O) groups is 1. The highest BCUT2D eigenvalue weighted by Crippen LogP contribution is 2.20. The molecule has 7 heteroatoms. The zero-order chi connectivity index (χ0) is 13.8. The highest BCUT2D eigenvalue weighted by molar-refractivity contribution is 7.09. The number of thiophene rings is 1. The number of aromatic nitrogens is 4. The molecule has 2 aromatic rings. The molecule has 1 atom stereocenters. The Morgan fingerprint density at radius 1 is 1.53 bits per heavy atom. The number of nitrogens with zero attached hydrogens (tertiary/aromatic N) is 4. The fourth-order valence-electron chi connectivity index (χ4n) is 1.89. The number of carboxylic acids is 1. The number of rotatable bonds is 6. The Bertz CT molecular complexity index is 536. The van der Waals surface area contributed by atoms with E-state index in [1.807, 2.05) is 31.4 Å². The van der Waals surface area contributed by atoms with Crippen LogP contribution in [0.3, 0.4) is 0 Å². The second-order valence-electron chi connectivity index (χ2n) is 4.78. The van der Waals surface area contributed by atoms with Gasteiger partial charge in [0.1, 0.15) is 0 Å². The first-order valence-corrected chi connectivity index (χ1v) is 6.97. The average molecular weight is 280 g/mol. The summed E-state index contributed by atoms with van der Waals surface area (Å²) < 4.78 is 1.43. The largest absolute Gasteiger partial charge is 0.480 e. The maximum atomic E-state index is 11.4. The summed E-state index contributed by atoms with van der Waals surface area (Å²) in [6.45, 7) is 3.97. The quantitative estimate of drug-likeness (QED) is 0.875. The number of tetrazole rings is 1. The van der Waals surface area contributed by atoms with E-state index in [0.717, 1.165) is 4.88 Å². The third-order valence-corrected chi connectivity index (χ3v) is 3.62. The van der Waals surface area contributed by atoms with Crippen molar-refractivity contribution in [3.05, 3.63) is 28.2 Å². The van der Waals surface area contributed by atoms with Crippen LogP contribution in [0.25, 0.3) is 0 Å². The lowest BCUT2D eigenvalue weighted by Gasteiger charge is -2.15. The van der Waals surface area contributed by atoms with Crippen LogP contribution < -0.4 is 0 Å². The molecule has 0 aliphatic rings. The molecule has 102 valence electrons. The fraction of sp³-hybridized carbons (Fsp3) is 0.500. The van der Waals surface area contributed by atoms with Crippen LogP contribution >= 0.6 is 11.3 Å². The second kappa shape index (κ2) is 5.92. The number of aliphatic carboxylic acids is 1. The predicted molar refractivity (Wildman–Crippen MR) is 71.1 cm³/mol. The van der Waals surface area contributed by atoms with Gasteiger partial charge in [0, 0.05) is 11.3 Å². The van der Waals surface area contributed by atoms with Crippen LogP contribution in [-0.2, 0) is 11.2 Å². The molecule has 0 aliphatic heterocycles. The van der Waals surface area contributed by atoms with Crippen molar-refractivity contribution in [1.29, 1.82) is 0 Å². The van der Waals surface area contributed by atoms with E-state index in [4.69, 9.17) is 0 Å². The molecule has 1 unspecified atom stereocenters. The van der Waals surface area contributed by atoms with Crippen molar-refractivity contribution >= 4 is 17.3 Å². The van der Waals surface area contributed by atoms with Crippen molar-refractivity contribution in [3.8, 4) is 0 Å². The Balaban J connectivity index is 2.23. The zero-order valence-corrected chi connectivity index (χ0v) is 11.7. The fourth-order valence-corrected chi connectivity index (χ4v) is 2.59. The van der Waals surface area contributed by atoms with Gasteiger partial charge in [-0.05, 0) is 34.2 Å². The highest BCUT2D eigenvalue weighted by Gasteiger charge is 2.25. The Morgan fingerprint density at radius 3 is 2.89 bits per heavy atom. The first-order chi connectivity index (χ1) is 9.08. The zero-order valence-electron chi connectivity index (χ0n) is 10.9. The monoisotopic (exact) mass is 280 g/mol. The molecule has 0 aromatic carbocycles. The molecule has 0 fully saturated rings. The second-order valence-corrected chi connectivity index (χ2v) is 5.81. The van der Waals surface area contributed by atoms with Crippen molar-refractivity contribution in [2.24, 2.45) is 5.92 Å². The normalized spacial score (nSPS) is 12.8. The summed E-state index contributed by atoms with van der Waals surface area (Å²) in [5.74, 6) is -0.0381. The minimum atomic E-state index is -0.895. The van der Waals surface area contributed by atoms with Crippen molar-refractivity contribution in [3.63, 3.8) is 0 Å². The Kier molecular flexibility index (Phi) is 4.26. The van der Waals surface area contributed by atoms with Crippen LogP contribution in [0.2, 0.25) is 0 Å². The van der Waals surface area contributed by atoms with Crippen molar-refractivity contribution in [2.75, 3.05) is 0 Å². The van der Waals surface area contributed by atoms with E-state index < -0.39 is 12.0 Å². The van der Waals surface area contributed by atoms with E-state index in [1.54, 1.807) is 11.3 Å². The maximum absolute atomic E-state index is 11.4. The molecule has 0 saturated carbocycles. The average Bonchev–Trinajstić information content (AvgIpc) is 2.97. The summed E-state index contributed by atoms with van der Waals surface area (Å²) in [5, 5.41) is 22.7. The molecular formula is C12H16N4O2S. The molecule has 0 spiro atoms. The molecule has 0 saturated heterocycles. The third-order valence-electron chi connectivity index (χ3n) is 2.75. The lowest BCUT2D eigenvalue weighted by atomic mass is 10.0. The van der Waals surface area contributed by atoms with Gasteiger partial charge in [-0.3, -0.25) is 0 Å². The third kappa shape index (κ3) is 3.37. The van der Waals surface area contributed by atoms with Gasteiger partial charge >= 0.3 is 5.97 Å². The van der Waals surface area contributed by atoms with Gasteiger partial charge in [-0.2, -0.15) is 0 Å². The van der Waals surface area contributed by atoms with Crippen LogP contribution in [0.5, 0.6) is 0 Å². The van der Waals surface area contributed by atoms with Crippen molar-refractivity contribution in [1.82, 2.24) is 20.2 Å². The van der Waals surface area contributed by atoms with Gasteiger partial charge in [0.15, 0.2) is 11.9 Å². The van der Waals surface area contributed by atoms with Crippen LogP contribution in [0.4, 0.5) is 0 Å². The van der Waals surface area contributed by atoms with Crippen LogP contribution in [0.15, 0.2) is 17.5 Å². The summed E-state index contributed by atoms with van der Waals surface area (Å²) >= 11 is 1.61. The summed E-state index contributed by atoms with van der Waals surface area (Å²) in [7, 11) is 0. The van der Waals surface area contributed by atoms with Gasteiger partial charge in [-0.1, -0.05) is 19.9 Å². The topological polar surface area (TPSA) is 80.9 Å². The molecule has 0 amide bonds. The number of carboxylic acid groups (broad SMARTS) is 1. The van der Waals surface area contributed by atoms with Crippen molar-refractivity contribution < 1.29 is 9.90 Å². The van der Waals surface area contributed by atoms with Gasteiger partial charge in [0.05, 0.1) is 0 Å². The number of hydrogen-bond acceptors (Lipinski definition) is 5. The van der Waals surface area contributed by atoms with E-state index in [-0.39, 0.29) is 5.92 Å². The molecule has 2 aromatic heterocycles. The molecule has 1 N–H and O–H groups in total. The Labute approximate surface area is 115 Å². The molecule has 0 aliphatic carbocycles. The molecule has 0 bridgehead atoms. The molecule has 2 heterocycles. The Hall–Kier alpha value is -1.76. The van der Waals surface area contributed by atoms with E-state index >= 15 is 0 Å². The predicted octanol–water partition coefficient (Wildman–Crippen LogP) is 2.00. The molecule has 19 heavy (non-hydrogen) atoms. The lowest BCUT2D eigenvalue weighted by Crippen LogP contribution is -2.24. The number of hydrogen-bond donors (Lipinski definition) is 1. The summed E-state index contributed by atoms with van der Waals surface area (Å²) in [6, 6.07) is 3.24. The van der Waals surface area contributed by atoms with Crippen LogP contribution in [-0.4, -0.2) is 31.3 Å². The van der Waals surface area contributed by atoms with E-state index in [2.05, 4.69) is 15.5 Å². The molecule has 2 rings (SSSR count). The minimum absolute atomic E-state index is 0.264. The molecule has 0 radical (unpaired) electrons. The molecule has 6 nitrogen and oxygen atoms in total. The smallest absolute Gasteiger partial charge is 0.328 e. The lowest BCUT2D eigenvalue weighted by molar-refractivity contribution is -0.141. The maximum Gasteiger partial charge on any atom is 0.328 e. The van der Waals surface area contributed by atoms with Crippen LogP contribution in [0, 0.1) is 5.92 Å². The minimum Gasteiger partial charge on any atom is -0.480 e. The van der Waals surface area contributed by atoms with E-state index in [0.29, 0.717) is 18.7 Å². The van der Waals surface area contributed by atoms with Crippen molar-refractivity contribution in [2.45, 2.75) is 32.7 Å². The van der Waals surface area contributed by atoms with E-state index in [1.165, 1.54) is 4.68 Å². The standard InChI is InChI=1S/C12H16N4O2S/c1-8(2)6-10(12(17)18)16-11(13-14-15-16)7-9-4-3-5-19-9/h3-5,8,10H,6-7H2,1-2H3,(H,17,18). The SMILES string of the molecule is CC(C)CC(C(=O)O)n1nnnc1Cc1cccs1. The van der Waals surface area contributed by atoms with Gasteiger partial charge in [-0.15, -0.1) is 16.4 Å². The summed E-state index contributed by atoms with van der Waals surface area (Å²) in [4.78, 5) is 12.5. The van der Waals surface area contributed by atoms with Crippen LogP contribution in [0.1, 0.15) is 37.0 Å². The van der Waals surface area contributed by atoms with Gasteiger partial charge < -0.3 is 5.11 Å². The highest BCUT2D eigenvalue weighted by atomic mass is 32.1. The first-order valence-electron chi connectivity index (χ1n) is 6.10. The van der Waals surface area contributed by atoms with Gasteiger partial charge in [-0.25, -0.2) is 9.48 Å². The Morgan fingerprint density at radius 2 is 2.32 bits per heavy atom. The summed E-state index contributed by atoms with van der Waals surface area (Å²) in [5.41, 5.74) is 0. The van der Waals surface area contributed by atoms with Gasteiger partial charge in [0.25, 0.3) is 0 Å². The van der Waals surface area contributed by atoms with E-state index in [9.17, 15) is 9.90 Å².